The van der Waals surface area contributed by atoms with Gasteiger partial charge < -0.3 is 20.1 Å². The maximum atomic E-state index is 13.2. The molecule has 29 heavy (non-hydrogen) atoms. The van der Waals surface area contributed by atoms with Crippen molar-refractivity contribution in [1.82, 2.24) is 10.6 Å². The summed E-state index contributed by atoms with van der Waals surface area (Å²) in [5, 5.41) is 6.55. The molecule has 1 saturated heterocycles. The minimum Gasteiger partial charge on any atom is -0.476 e. The third-order valence-corrected chi connectivity index (χ3v) is 5.69. The number of carbonyl (C=O) groups excluding carboxylic acids is 1. The van der Waals surface area contributed by atoms with E-state index >= 15 is 0 Å². The summed E-state index contributed by atoms with van der Waals surface area (Å²) in [4.78, 5) is 13.2. The van der Waals surface area contributed by atoms with E-state index in [1.165, 1.54) is 0 Å². The van der Waals surface area contributed by atoms with Gasteiger partial charge in [0, 0.05) is 24.6 Å². The molecule has 1 unspecified atom stereocenters. The third kappa shape index (κ3) is 5.58. The predicted octanol–water partition coefficient (Wildman–Crippen LogP) is 3.50. The molecule has 0 spiro atoms. The normalized spacial score (nSPS) is 16.8. The van der Waals surface area contributed by atoms with Gasteiger partial charge in [-0.15, -0.1) is 0 Å². The van der Waals surface area contributed by atoms with Crippen LogP contribution in [-0.2, 0) is 16.0 Å². The third-order valence-electron chi connectivity index (χ3n) is 5.69. The van der Waals surface area contributed by atoms with Crippen molar-refractivity contribution in [1.29, 1.82) is 0 Å². The van der Waals surface area contributed by atoms with Crippen molar-refractivity contribution >= 4 is 5.91 Å². The molecule has 1 heterocycles. The quantitative estimate of drug-likeness (QED) is 0.681. The first-order valence-corrected chi connectivity index (χ1v) is 10.4. The highest BCUT2D eigenvalue weighted by Gasteiger charge is 2.34. The minimum atomic E-state index is -0.690. The van der Waals surface area contributed by atoms with Crippen LogP contribution >= 0.6 is 0 Å². The summed E-state index contributed by atoms with van der Waals surface area (Å²) in [6.45, 7) is 5.21. The van der Waals surface area contributed by atoms with Crippen LogP contribution in [0.15, 0.2) is 54.6 Å². The summed E-state index contributed by atoms with van der Waals surface area (Å²) >= 11 is 0. The Morgan fingerprint density at radius 2 is 1.79 bits per heavy atom. The molecule has 2 aromatic rings. The van der Waals surface area contributed by atoms with E-state index < -0.39 is 6.10 Å². The fourth-order valence-electron chi connectivity index (χ4n) is 3.94. The minimum absolute atomic E-state index is 0.0295. The number of ether oxygens (including phenoxy) is 2. The van der Waals surface area contributed by atoms with Crippen molar-refractivity contribution in [3.63, 3.8) is 0 Å². The van der Waals surface area contributed by atoms with Gasteiger partial charge in [-0.1, -0.05) is 55.5 Å². The molecule has 1 aliphatic rings. The summed E-state index contributed by atoms with van der Waals surface area (Å²) in [5.74, 6) is 0.642. The summed E-state index contributed by atoms with van der Waals surface area (Å²) in [7, 11) is 1.73. The summed E-state index contributed by atoms with van der Waals surface area (Å²) in [6.07, 6.45) is 2.13. The maximum Gasteiger partial charge on any atom is 0.265 e. The van der Waals surface area contributed by atoms with Gasteiger partial charge in [-0.3, -0.25) is 4.79 Å². The first-order valence-electron chi connectivity index (χ1n) is 10.4. The second-order valence-electron chi connectivity index (χ2n) is 7.77. The SMILES string of the molecule is CCc1ccccc1OC(C(=O)NCC1(COC)CCNCC1)c1ccccc1. The van der Waals surface area contributed by atoms with Crippen LogP contribution in [0.4, 0.5) is 0 Å². The Kier molecular flexibility index (Phi) is 7.67. The van der Waals surface area contributed by atoms with Crippen LogP contribution in [0.3, 0.4) is 0 Å². The summed E-state index contributed by atoms with van der Waals surface area (Å²) in [5.41, 5.74) is 1.91. The number of rotatable bonds is 9. The molecule has 1 aliphatic heterocycles. The van der Waals surface area contributed by atoms with Crippen molar-refractivity contribution in [3.05, 3.63) is 65.7 Å². The van der Waals surface area contributed by atoms with Crippen molar-refractivity contribution < 1.29 is 14.3 Å². The van der Waals surface area contributed by atoms with Crippen LogP contribution in [0.2, 0.25) is 0 Å². The maximum absolute atomic E-state index is 13.2. The molecule has 2 aromatic carbocycles. The zero-order valence-corrected chi connectivity index (χ0v) is 17.4. The Hall–Kier alpha value is -2.37. The molecule has 2 N–H and O–H groups in total. The Morgan fingerprint density at radius 3 is 2.48 bits per heavy atom. The number of nitrogens with one attached hydrogen (secondary N) is 2. The number of carbonyl (C=O) groups is 1. The zero-order valence-electron chi connectivity index (χ0n) is 17.4. The summed E-state index contributed by atoms with van der Waals surface area (Å²) < 4.78 is 11.7. The van der Waals surface area contributed by atoms with E-state index in [1.807, 2.05) is 54.6 Å². The average molecular weight is 397 g/mol. The van der Waals surface area contributed by atoms with E-state index in [1.54, 1.807) is 7.11 Å². The van der Waals surface area contributed by atoms with Crippen LogP contribution in [0.1, 0.15) is 37.0 Å². The lowest BCUT2D eigenvalue weighted by molar-refractivity contribution is -0.129. The molecule has 5 nitrogen and oxygen atoms in total. The highest BCUT2D eigenvalue weighted by atomic mass is 16.5. The monoisotopic (exact) mass is 396 g/mol. The molecule has 0 saturated carbocycles. The standard InChI is InChI=1S/C24H32N2O3/c1-3-19-9-7-8-12-21(19)29-22(20-10-5-4-6-11-20)23(27)26-17-24(18-28-2)13-15-25-16-14-24/h4-12,22,25H,3,13-18H2,1-2H3,(H,26,27). The average Bonchev–Trinajstić information content (AvgIpc) is 2.77. The predicted molar refractivity (Wildman–Crippen MR) is 115 cm³/mol. The van der Waals surface area contributed by atoms with Crippen molar-refractivity contribution in [2.24, 2.45) is 5.41 Å². The van der Waals surface area contributed by atoms with Crippen LogP contribution < -0.4 is 15.4 Å². The van der Waals surface area contributed by atoms with Gasteiger partial charge in [0.1, 0.15) is 5.75 Å². The van der Waals surface area contributed by atoms with Gasteiger partial charge in [-0.05, 0) is 44.0 Å². The van der Waals surface area contributed by atoms with Gasteiger partial charge in [0.25, 0.3) is 5.91 Å². The Balaban J connectivity index is 1.77. The lowest BCUT2D eigenvalue weighted by atomic mass is 9.79. The first kappa shape index (κ1) is 21.3. The smallest absolute Gasteiger partial charge is 0.265 e. The van der Waals surface area contributed by atoms with Crippen LogP contribution in [0.25, 0.3) is 0 Å². The molecular formula is C24H32N2O3. The molecule has 1 amide bonds. The van der Waals surface area contributed by atoms with E-state index in [0.29, 0.717) is 13.2 Å². The highest BCUT2D eigenvalue weighted by Crippen LogP contribution is 2.30. The molecule has 5 heteroatoms. The number of amides is 1. The Morgan fingerprint density at radius 1 is 1.10 bits per heavy atom. The Labute approximate surface area is 173 Å². The Bertz CT molecular complexity index is 767. The molecule has 0 radical (unpaired) electrons. The second kappa shape index (κ2) is 10.4. The number of hydrogen-bond acceptors (Lipinski definition) is 4. The molecular weight excluding hydrogens is 364 g/mol. The lowest BCUT2D eigenvalue weighted by Crippen LogP contribution is -2.48. The number of aryl methyl sites for hydroxylation is 1. The molecule has 1 fully saturated rings. The van der Waals surface area contributed by atoms with Gasteiger partial charge in [0.2, 0.25) is 6.10 Å². The van der Waals surface area contributed by atoms with E-state index in [9.17, 15) is 4.79 Å². The first-order chi connectivity index (χ1) is 14.2. The molecule has 3 rings (SSSR count). The van der Waals surface area contributed by atoms with E-state index in [-0.39, 0.29) is 11.3 Å². The lowest BCUT2D eigenvalue weighted by Gasteiger charge is -2.37. The number of hydrogen-bond donors (Lipinski definition) is 2. The zero-order chi connectivity index (χ0) is 20.5. The van der Waals surface area contributed by atoms with Gasteiger partial charge in [-0.25, -0.2) is 0 Å². The van der Waals surface area contributed by atoms with Crippen LogP contribution in [-0.4, -0.2) is 39.3 Å². The van der Waals surface area contributed by atoms with E-state index in [2.05, 4.69) is 17.6 Å². The molecule has 0 aliphatic carbocycles. The van der Waals surface area contributed by atoms with Crippen molar-refractivity contribution in [3.8, 4) is 5.75 Å². The topological polar surface area (TPSA) is 59.6 Å². The number of methoxy groups -OCH3 is 1. The number of piperidine rings is 1. The van der Waals surface area contributed by atoms with E-state index in [4.69, 9.17) is 9.47 Å². The van der Waals surface area contributed by atoms with Crippen molar-refractivity contribution in [2.45, 2.75) is 32.3 Å². The van der Waals surface area contributed by atoms with Gasteiger partial charge in [-0.2, -0.15) is 0 Å². The highest BCUT2D eigenvalue weighted by molar-refractivity contribution is 5.82. The largest absolute Gasteiger partial charge is 0.476 e. The molecule has 156 valence electrons. The van der Waals surface area contributed by atoms with Gasteiger partial charge in [0.05, 0.1) is 6.61 Å². The van der Waals surface area contributed by atoms with Crippen molar-refractivity contribution in [2.75, 3.05) is 33.4 Å². The number of para-hydroxylation sites is 1. The molecule has 1 atom stereocenters. The fourth-order valence-corrected chi connectivity index (χ4v) is 3.94. The van der Waals surface area contributed by atoms with Crippen LogP contribution in [0, 0.1) is 5.41 Å². The second-order valence-corrected chi connectivity index (χ2v) is 7.77. The number of benzene rings is 2. The van der Waals surface area contributed by atoms with Gasteiger partial charge in [0.15, 0.2) is 0 Å². The summed E-state index contributed by atoms with van der Waals surface area (Å²) in [6, 6.07) is 17.6. The fraction of sp³-hybridized carbons (Fsp3) is 0.458. The van der Waals surface area contributed by atoms with Crippen LogP contribution in [0.5, 0.6) is 5.75 Å². The van der Waals surface area contributed by atoms with E-state index in [0.717, 1.165) is 49.2 Å². The van der Waals surface area contributed by atoms with Gasteiger partial charge >= 0.3 is 0 Å². The molecule has 0 bridgehead atoms. The molecule has 0 aromatic heterocycles.